The van der Waals surface area contributed by atoms with E-state index in [1.165, 1.54) is 6.07 Å². The number of aliphatic hydroxyl groups excluding tert-OH is 1. The van der Waals surface area contributed by atoms with E-state index in [0.717, 1.165) is 21.6 Å². The number of imidazole rings is 1. The van der Waals surface area contributed by atoms with E-state index in [-0.39, 0.29) is 16.5 Å². The SMILES string of the molecule is Cc1cn(-c2ccc(Oc3cc(Cl)nn([C@@H](CO)c4cc(F)c(F)c(F)c4)c3=O)cc2C)cn1. The first-order valence-electron chi connectivity index (χ1n) is 10.0. The molecule has 11 heteroatoms. The minimum Gasteiger partial charge on any atom is -0.451 e. The van der Waals surface area contributed by atoms with Gasteiger partial charge in [0, 0.05) is 18.0 Å². The standard InChI is InChI=1S/C23H18ClF3N4O3/c1-12-5-15(3-4-18(12)30-9-13(2)28-11-30)34-20-8-21(24)29-31(23(20)33)19(10-32)14-6-16(25)22(27)17(26)7-14/h3-9,11,19,32H,10H2,1-2H3/t19-/m0/s1. The van der Waals surface area contributed by atoms with Crippen molar-refractivity contribution in [3.05, 3.63) is 98.7 Å². The summed E-state index contributed by atoms with van der Waals surface area (Å²) >= 11 is 6.05. The number of hydrogen-bond donors (Lipinski definition) is 1. The maximum absolute atomic E-state index is 13.7. The second kappa shape index (κ2) is 9.32. The maximum atomic E-state index is 13.7. The summed E-state index contributed by atoms with van der Waals surface area (Å²) in [6.07, 6.45) is 3.54. The van der Waals surface area contributed by atoms with Crippen LogP contribution in [0.2, 0.25) is 5.15 Å². The molecule has 4 aromatic rings. The molecule has 0 unspecified atom stereocenters. The molecule has 4 rings (SSSR count). The maximum Gasteiger partial charge on any atom is 0.310 e. The summed E-state index contributed by atoms with van der Waals surface area (Å²) in [5, 5.41) is 13.5. The van der Waals surface area contributed by atoms with E-state index >= 15 is 0 Å². The third-order valence-corrected chi connectivity index (χ3v) is 5.30. The zero-order chi connectivity index (χ0) is 24.6. The van der Waals surface area contributed by atoms with E-state index in [1.54, 1.807) is 24.5 Å². The van der Waals surface area contributed by atoms with E-state index in [2.05, 4.69) is 10.1 Å². The van der Waals surface area contributed by atoms with E-state index in [9.17, 15) is 23.1 Å². The van der Waals surface area contributed by atoms with Gasteiger partial charge in [-0.05, 0) is 55.3 Å². The molecule has 34 heavy (non-hydrogen) atoms. The predicted molar refractivity (Wildman–Crippen MR) is 118 cm³/mol. The van der Waals surface area contributed by atoms with Crippen molar-refractivity contribution in [1.29, 1.82) is 0 Å². The molecule has 0 saturated carbocycles. The van der Waals surface area contributed by atoms with E-state index in [4.69, 9.17) is 16.3 Å². The molecular weight excluding hydrogens is 473 g/mol. The summed E-state index contributed by atoms with van der Waals surface area (Å²) in [5.41, 5.74) is 1.52. The van der Waals surface area contributed by atoms with Crippen LogP contribution in [-0.2, 0) is 0 Å². The Labute approximate surface area is 196 Å². The summed E-state index contributed by atoms with van der Waals surface area (Å²) in [6, 6.07) is 6.33. The Kier molecular flexibility index (Phi) is 6.45. The molecule has 2 aromatic heterocycles. The molecule has 0 bridgehead atoms. The van der Waals surface area contributed by atoms with Crippen molar-refractivity contribution in [2.45, 2.75) is 19.9 Å². The quantitative estimate of drug-likeness (QED) is 0.403. The predicted octanol–water partition coefficient (Wildman–Crippen LogP) is 4.49. The molecule has 0 fully saturated rings. The first-order valence-corrected chi connectivity index (χ1v) is 10.4. The Hall–Kier alpha value is -3.63. The van der Waals surface area contributed by atoms with E-state index in [1.807, 2.05) is 24.6 Å². The molecule has 0 aliphatic heterocycles. The van der Waals surface area contributed by atoms with Crippen LogP contribution < -0.4 is 10.3 Å². The first kappa shape index (κ1) is 23.5. The molecule has 0 aliphatic rings. The molecule has 176 valence electrons. The smallest absolute Gasteiger partial charge is 0.310 e. The van der Waals surface area contributed by atoms with Gasteiger partial charge in [-0.2, -0.15) is 5.10 Å². The zero-order valence-electron chi connectivity index (χ0n) is 18.0. The minimum absolute atomic E-state index is 0.168. The Bertz CT molecular complexity index is 1410. The molecule has 0 aliphatic carbocycles. The molecule has 0 amide bonds. The summed E-state index contributed by atoms with van der Waals surface area (Å²) in [4.78, 5) is 17.2. The van der Waals surface area contributed by atoms with Crippen LogP contribution in [0.15, 0.2) is 53.7 Å². The lowest BCUT2D eigenvalue weighted by Gasteiger charge is -2.18. The van der Waals surface area contributed by atoms with Crippen molar-refractivity contribution in [1.82, 2.24) is 19.3 Å². The van der Waals surface area contributed by atoms with Crippen LogP contribution in [0.4, 0.5) is 13.2 Å². The average molecular weight is 491 g/mol. The highest BCUT2D eigenvalue weighted by molar-refractivity contribution is 6.29. The lowest BCUT2D eigenvalue weighted by Crippen LogP contribution is -2.31. The highest BCUT2D eigenvalue weighted by Gasteiger charge is 2.23. The number of aromatic nitrogens is 4. The van der Waals surface area contributed by atoms with Crippen molar-refractivity contribution < 1.29 is 23.0 Å². The lowest BCUT2D eigenvalue weighted by atomic mass is 10.1. The second-order valence-corrected chi connectivity index (χ2v) is 7.94. The van der Waals surface area contributed by atoms with Gasteiger partial charge in [-0.3, -0.25) is 4.79 Å². The van der Waals surface area contributed by atoms with Gasteiger partial charge >= 0.3 is 5.56 Å². The number of rotatable bonds is 6. The molecule has 0 radical (unpaired) electrons. The van der Waals surface area contributed by atoms with Gasteiger partial charge in [-0.25, -0.2) is 22.8 Å². The molecule has 1 N–H and O–H groups in total. The summed E-state index contributed by atoms with van der Waals surface area (Å²) < 4.78 is 49.1. The highest BCUT2D eigenvalue weighted by Crippen LogP contribution is 2.27. The van der Waals surface area contributed by atoms with Crippen LogP contribution in [0.1, 0.15) is 22.9 Å². The average Bonchev–Trinajstić information content (AvgIpc) is 3.21. The number of halogens is 4. The number of hydrogen-bond acceptors (Lipinski definition) is 5. The number of aryl methyl sites for hydroxylation is 2. The molecule has 2 heterocycles. The molecule has 7 nitrogen and oxygen atoms in total. The Balaban J connectivity index is 1.70. The molecule has 0 spiro atoms. The fourth-order valence-electron chi connectivity index (χ4n) is 3.50. The van der Waals surface area contributed by atoms with E-state index in [0.29, 0.717) is 17.9 Å². The van der Waals surface area contributed by atoms with Crippen LogP contribution in [-0.4, -0.2) is 31.0 Å². The summed E-state index contributed by atoms with van der Waals surface area (Å²) in [7, 11) is 0. The van der Waals surface area contributed by atoms with Gasteiger partial charge in [0.05, 0.1) is 18.6 Å². The fraction of sp³-hybridized carbons (Fsp3) is 0.174. The lowest BCUT2D eigenvalue weighted by molar-refractivity contribution is 0.234. The number of nitrogens with zero attached hydrogens (tertiary/aromatic N) is 4. The Morgan fingerprint density at radius 3 is 2.41 bits per heavy atom. The van der Waals surface area contributed by atoms with Crippen molar-refractivity contribution in [2.75, 3.05) is 6.61 Å². The summed E-state index contributed by atoms with van der Waals surface area (Å²) in [5.74, 6) is -4.51. The number of ether oxygens (including phenoxy) is 1. The topological polar surface area (TPSA) is 82.2 Å². The highest BCUT2D eigenvalue weighted by atomic mass is 35.5. The minimum atomic E-state index is -1.67. The Morgan fingerprint density at radius 1 is 1.12 bits per heavy atom. The fourth-order valence-corrected chi connectivity index (χ4v) is 3.68. The van der Waals surface area contributed by atoms with E-state index < -0.39 is 35.7 Å². The molecule has 2 aromatic carbocycles. The molecule has 0 saturated heterocycles. The molecule has 1 atom stereocenters. The van der Waals surface area contributed by atoms with Gasteiger partial charge in [0.25, 0.3) is 0 Å². The van der Waals surface area contributed by atoms with Crippen LogP contribution >= 0.6 is 11.6 Å². The monoisotopic (exact) mass is 490 g/mol. The third kappa shape index (κ3) is 4.55. The van der Waals surface area contributed by atoms with Gasteiger partial charge in [0.1, 0.15) is 11.8 Å². The number of aliphatic hydroxyl groups is 1. The van der Waals surface area contributed by atoms with Gasteiger partial charge in [-0.15, -0.1) is 0 Å². The van der Waals surface area contributed by atoms with Gasteiger partial charge < -0.3 is 14.4 Å². The van der Waals surface area contributed by atoms with Gasteiger partial charge in [-0.1, -0.05) is 11.6 Å². The zero-order valence-corrected chi connectivity index (χ0v) is 18.7. The van der Waals surface area contributed by atoms with Gasteiger partial charge in [0.2, 0.25) is 0 Å². The van der Waals surface area contributed by atoms with Crippen LogP contribution in [0.3, 0.4) is 0 Å². The largest absolute Gasteiger partial charge is 0.451 e. The molecular formula is C23H18ClF3N4O3. The van der Waals surface area contributed by atoms with Crippen LogP contribution in [0.25, 0.3) is 5.69 Å². The normalized spacial score (nSPS) is 12.1. The van der Waals surface area contributed by atoms with Gasteiger partial charge in [0.15, 0.2) is 28.4 Å². The van der Waals surface area contributed by atoms with Crippen molar-refractivity contribution in [3.63, 3.8) is 0 Å². The number of benzene rings is 2. The summed E-state index contributed by atoms with van der Waals surface area (Å²) in [6.45, 7) is 2.96. The van der Waals surface area contributed by atoms with Crippen molar-refractivity contribution >= 4 is 11.6 Å². The Morgan fingerprint density at radius 2 is 1.82 bits per heavy atom. The van der Waals surface area contributed by atoms with Crippen LogP contribution in [0.5, 0.6) is 11.5 Å². The van der Waals surface area contributed by atoms with Crippen LogP contribution in [0, 0.1) is 31.3 Å². The second-order valence-electron chi connectivity index (χ2n) is 7.55. The van der Waals surface area contributed by atoms with Crippen molar-refractivity contribution in [3.8, 4) is 17.2 Å². The third-order valence-electron chi connectivity index (χ3n) is 5.12. The first-order chi connectivity index (χ1) is 16.2. The van der Waals surface area contributed by atoms with Crippen molar-refractivity contribution in [2.24, 2.45) is 0 Å².